The van der Waals surface area contributed by atoms with Gasteiger partial charge in [-0.3, -0.25) is 4.79 Å². The molecule has 0 aliphatic heterocycles. The Balaban J connectivity index is 3.26. The van der Waals surface area contributed by atoms with E-state index in [4.69, 9.17) is 10.8 Å². The van der Waals surface area contributed by atoms with Crippen LogP contribution in [0.5, 0.6) is 0 Å². The van der Waals surface area contributed by atoms with Gasteiger partial charge in [0.05, 0.1) is 5.67 Å². The van der Waals surface area contributed by atoms with Crippen LogP contribution in [0.25, 0.3) is 0 Å². The summed E-state index contributed by atoms with van der Waals surface area (Å²) in [6.45, 7) is 0. The van der Waals surface area contributed by atoms with Crippen molar-refractivity contribution in [2.45, 2.75) is 5.67 Å². The van der Waals surface area contributed by atoms with E-state index in [-0.39, 0.29) is 0 Å². The third kappa shape index (κ3) is 1.92. The third-order valence-electron chi connectivity index (χ3n) is 0.390. The molecule has 4 heteroatoms. The lowest BCUT2D eigenvalue weighted by Gasteiger charge is -1.90. The second kappa shape index (κ2) is 1.94. The average Bonchev–Trinajstić information content (AvgIpc) is 1.36. The van der Waals surface area contributed by atoms with E-state index < -0.39 is 11.6 Å². The Morgan fingerprint density at radius 3 is 2.17 bits per heavy atom. The highest BCUT2D eigenvalue weighted by atomic mass is 28.1. The van der Waals surface area contributed by atoms with E-state index in [9.17, 15) is 4.79 Å². The fraction of sp³-hybridized carbons (Fsp3) is 0.500. The molecule has 6 heavy (non-hydrogen) atoms. The molecule has 0 amide bonds. The third-order valence-corrected chi connectivity index (χ3v) is 0.883. The van der Waals surface area contributed by atoms with E-state index in [0.29, 0.717) is 10.2 Å². The van der Waals surface area contributed by atoms with Crippen molar-refractivity contribution in [3.05, 3.63) is 0 Å². The van der Waals surface area contributed by atoms with Crippen LogP contribution in [0, 0.1) is 0 Å². The predicted molar refractivity (Wildman–Crippen MR) is 25.6 cm³/mol. The van der Waals surface area contributed by atoms with Gasteiger partial charge in [0.1, 0.15) is 0 Å². The van der Waals surface area contributed by atoms with Crippen LogP contribution >= 0.6 is 0 Å². The SMILES string of the molecule is NC([SiH3])C(=O)O. The van der Waals surface area contributed by atoms with E-state index in [2.05, 4.69) is 0 Å². The Hall–Kier alpha value is -0.353. The van der Waals surface area contributed by atoms with Crippen LogP contribution in [-0.2, 0) is 4.79 Å². The smallest absolute Gasteiger partial charge is 0.316 e. The standard InChI is InChI=1S/C2H7NO2Si/c3-1(6)2(4)5/h1H,3H2,6H3,(H,4,5). The first-order chi connectivity index (χ1) is 2.64. The largest absolute Gasteiger partial charge is 0.480 e. The molecular formula is C2H7NO2Si. The quantitative estimate of drug-likeness (QED) is 0.369. The van der Waals surface area contributed by atoms with Gasteiger partial charge in [-0.05, 0) is 0 Å². The lowest BCUT2D eigenvalue weighted by molar-refractivity contribution is -0.136. The maximum atomic E-state index is 9.61. The maximum absolute atomic E-state index is 9.61. The fourth-order valence-electron chi connectivity index (χ4n) is 0. The van der Waals surface area contributed by atoms with Crippen LogP contribution in [0.1, 0.15) is 0 Å². The molecule has 3 nitrogen and oxygen atoms in total. The molecule has 0 bridgehead atoms. The first-order valence-corrected chi connectivity index (χ1v) is 2.78. The van der Waals surface area contributed by atoms with Gasteiger partial charge < -0.3 is 10.8 Å². The summed E-state index contributed by atoms with van der Waals surface area (Å²) in [7, 11) is 0.532. The van der Waals surface area contributed by atoms with Crippen LogP contribution in [0.3, 0.4) is 0 Å². The van der Waals surface area contributed by atoms with Crippen molar-refractivity contribution in [2.75, 3.05) is 0 Å². The Labute approximate surface area is 38.6 Å². The van der Waals surface area contributed by atoms with Gasteiger partial charge in [-0.1, -0.05) is 0 Å². The first-order valence-electron chi connectivity index (χ1n) is 1.63. The van der Waals surface area contributed by atoms with Gasteiger partial charge in [-0.2, -0.15) is 0 Å². The van der Waals surface area contributed by atoms with Crippen LogP contribution in [0.2, 0.25) is 0 Å². The Morgan fingerprint density at radius 2 is 2.17 bits per heavy atom. The molecule has 0 spiro atoms. The van der Waals surface area contributed by atoms with Gasteiger partial charge in [0.25, 0.3) is 0 Å². The van der Waals surface area contributed by atoms with Gasteiger partial charge in [-0.25, -0.2) is 0 Å². The number of aliphatic carboxylic acids is 1. The van der Waals surface area contributed by atoms with Gasteiger partial charge >= 0.3 is 5.97 Å². The zero-order valence-electron chi connectivity index (χ0n) is 3.51. The van der Waals surface area contributed by atoms with Crippen molar-refractivity contribution in [3.63, 3.8) is 0 Å². The van der Waals surface area contributed by atoms with Crippen molar-refractivity contribution < 1.29 is 9.90 Å². The van der Waals surface area contributed by atoms with Crippen molar-refractivity contribution in [3.8, 4) is 0 Å². The summed E-state index contributed by atoms with van der Waals surface area (Å²) >= 11 is 0. The van der Waals surface area contributed by atoms with E-state index in [1.165, 1.54) is 0 Å². The molecule has 0 radical (unpaired) electrons. The van der Waals surface area contributed by atoms with Crippen LogP contribution in [-0.4, -0.2) is 27.0 Å². The summed E-state index contributed by atoms with van der Waals surface area (Å²) in [5, 5.41) is 7.90. The molecule has 1 atom stereocenters. The van der Waals surface area contributed by atoms with Crippen molar-refractivity contribution in [2.24, 2.45) is 5.73 Å². The topological polar surface area (TPSA) is 63.3 Å². The van der Waals surface area contributed by atoms with E-state index in [0.717, 1.165) is 0 Å². The highest BCUT2D eigenvalue weighted by Crippen LogP contribution is 1.61. The number of rotatable bonds is 1. The Morgan fingerprint density at radius 1 is 2.00 bits per heavy atom. The van der Waals surface area contributed by atoms with Gasteiger partial charge in [0.2, 0.25) is 0 Å². The van der Waals surface area contributed by atoms with Crippen molar-refractivity contribution in [1.29, 1.82) is 0 Å². The average molecular weight is 105 g/mol. The molecule has 0 aliphatic carbocycles. The summed E-state index contributed by atoms with van der Waals surface area (Å²) < 4.78 is 0. The van der Waals surface area contributed by atoms with Gasteiger partial charge in [0.15, 0.2) is 0 Å². The lowest BCUT2D eigenvalue weighted by atomic mass is 10.7. The number of carboxylic acid groups (broad SMARTS) is 1. The lowest BCUT2D eigenvalue weighted by Crippen LogP contribution is -2.29. The fourth-order valence-corrected chi connectivity index (χ4v) is 0. The molecule has 0 heterocycles. The molecule has 0 saturated carbocycles. The van der Waals surface area contributed by atoms with Crippen LogP contribution in [0.4, 0.5) is 0 Å². The number of nitrogens with two attached hydrogens (primary N) is 1. The summed E-state index contributed by atoms with van der Waals surface area (Å²) in [5.74, 6) is -0.901. The number of carboxylic acids is 1. The molecule has 0 saturated heterocycles. The second-order valence-electron chi connectivity index (χ2n) is 1.13. The van der Waals surface area contributed by atoms with Gasteiger partial charge in [0, 0.05) is 10.2 Å². The molecule has 0 aromatic carbocycles. The Bertz CT molecular complexity index is 62.6. The summed E-state index contributed by atoms with van der Waals surface area (Å²) in [6.07, 6.45) is 0. The zero-order chi connectivity index (χ0) is 5.15. The molecule has 0 fully saturated rings. The number of hydrogen-bond acceptors (Lipinski definition) is 2. The summed E-state index contributed by atoms with van der Waals surface area (Å²) in [4.78, 5) is 9.61. The second-order valence-corrected chi connectivity index (χ2v) is 2.37. The molecule has 0 aromatic heterocycles. The minimum Gasteiger partial charge on any atom is -0.480 e. The van der Waals surface area contributed by atoms with E-state index in [1.807, 2.05) is 0 Å². The van der Waals surface area contributed by atoms with Crippen LogP contribution < -0.4 is 5.73 Å². The monoisotopic (exact) mass is 105 g/mol. The molecule has 3 N–H and O–H groups in total. The maximum Gasteiger partial charge on any atom is 0.316 e. The van der Waals surface area contributed by atoms with Gasteiger partial charge in [-0.15, -0.1) is 0 Å². The zero-order valence-corrected chi connectivity index (χ0v) is 5.51. The molecule has 1 unspecified atom stereocenters. The minimum absolute atomic E-state index is 0.532. The van der Waals surface area contributed by atoms with Crippen LogP contribution in [0.15, 0.2) is 0 Å². The predicted octanol–water partition coefficient (Wildman–Crippen LogP) is -2.28. The normalized spacial score (nSPS) is 14.2. The number of hydrogen-bond donors (Lipinski definition) is 2. The van der Waals surface area contributed by atoms with Crippen molar-refractivity contribution in [1.82, 2.24) is 0 Å². The molecular weight excluding hydrogens is 98.1 g/mol. The molecule has 0 aliphatic rings. The Kier molecular flexibility index (Phi) is 1.82. The molecule has 36 valence electrons. The highest BCUT2D eigenvalue weighted by Gasteiger charge is 1.99. The minimum atomic E-state index is -0.901. The molecule has 0 aromatic rings. The number of carbonyl (C=O) groups is 1. The van der Waals surface area contributed by atoms with Crippen molar-refractivity contribution >= 4 is 16.2 Å². The highest BCUT2D eigenvalue weighted by molar-refractivity contribution is 6.22. The first kappa shape index (κ1) is 5.65. The van der Waals surface area contributed by atoms with E-state index in [1.54, 1.807) is 0 Å². The molecule has 0 rings (SSSR count). The summed E-state index contributed by atoms with van der Waals surface area (Å²) in [5.41, 5.74) is 4.30. The summed E-state index contributed by atoms with van der Waals surface area (Å²) in [6, 6.07) is 0. The van der Waals surface area contributed by atoms with E-state index >= 15 is 0 Å².